The number of carbonyl (C=O) groups excluding carboxylic acids is 2. The zero-order valence-corrected chi connectivity index (χ0v) is 26.6. The molecule has 1 aromatic heterocycles. The quantitative estimate of drug-likeness (QED) is 0.152. The number of carboxylic acid groups (broad SMARTS) is 1. The van der Waals surface area contributed by atoms with Crippen molar-refractivity contribution in [2.24, 2.45) is 5.14 Å². The van der Waals surface area contributed by atoms with E-state index in [1.54, 1.807) is 16.7 Å². The number of hydrogen-bond donors (Lipinski definition) is 4. The first-order valence-corrected chi connectivity index (χ1v) is 14.6. The SMILES string of the molecule is CC(C)c1c(C(=O)NCCc2ccc(S(N)(=O)=O)cc2)nc(-c2ccc(F)cc2)n1CC[C@@H](O)C[C@@H](O)CC(=O)[O-].[Na+]. The van der Waals surface area contributed by atoms with Crippen LogP contribution in [0, 0.1) is 5.82 Å². The Morgan fingerprint density at radius 3 is 2.24 bits per heavy atom. The van der Waals surface area contributed by atoms with Crippen LogP contribution in [0.5, 0.6) is 0 Å². The fourth-order valence-electron chi connectivity index (χ4n) is 4.50. The first-order chi connectivity index (χ1) is 19.3. The number of carbonyl (C=O) groups is 2. The molecule has 0 aliphatic rings. The van der Waals surface area contributed by atoms with E-state index in [9.17, 15) is 37.7 Å². The summed E-state index contributed by atoms with van der Waals surface area (Å²) in [4.78, 5) is 28.6. The smallest absolute Gasteiger partial charge is 0.550 e. The number of nitrogens with one attached hydrogen (secondary N) is 1. The number of halogens is 1. The Kier molecular flexibility index (Phi) is 13.3. The second-order valence-corrected chi connectivity index (χ2v) is 11.6. The van der Waals surface area contributed by atoms with Gasteiger partial charge in [-0.05, 0) is 67.1 Å². The van der Waals surface area contributed by atoms with Crippen LogP contribution in [0.1, 0.15) is 60.8 Å². The van der Waals surface area contributed by atoms with Crippen molar-refractivity contribution in [3.63, 3.8) is 0 Å². The van der Waals surface area contributed by atoms with Crippen molar-refractivity contribution >= 4 is 21.9 Å². The van der Waals surface area contributed by atoms with Crippen LogP contribution in [-0.4, -0.2) is 58.8 Å². The van der Waals surface area contributed by atoms with E-state index >= 15 is 0 Å². The van der Waals surface area contributed by atoms with Crippen molar-refractivity contribution in [2.45, 2.75) is 69.1 Å². The van der Waals surface area contributed by atoms with Crippen molar-refractivity contribution in [3.8, 4) is 11.4 Å². The number of aliphatic hydroxyl groups excluding tert-OH is 2. The number of carboxylic acids is 1. The molecule has 3 aromatic rings. The summed E-state index contributed by atoms with van der Waals surface area (Å²) >= 11 is 0. The van der Waals surface area contributed by atoms with Crippen LogP contribution in [-0.2, 0) is 27.8 Å². The predicted octanol–water partition coefficient (Wildman–Crippen LogP) is -1.92. The number of benzene rings is 2. The van der Waals surface area contributed by atoms with Gasteiger partial charge in [-0.15, -0.1) is 0 Å². The van der Waals surface area contributed by atoms with Crippen molar-refractivity contribution < 1.29 is 67.3 Å². The molecule has 0 saturated heterocycles. The summed E-state index contributed by atoms with van der Waals surface area (Å²) < 4.78 is 38.3. The maximum absolute atomic E-state index is 13.6. The first kappa shape index (κ1) is 35.5. The van der Waals surface area contributed by atoms with Crippen LogP contribution in [0.15, 0.2) is 53.4 Å². The maximum atomic E-state index is 13.6. The number of nitrogens with zero attached hydrogens (tertiary/aromatic N) is 2. The standard InChI is InChI=1S/C28H35FN4O7S.Na/c1-17(2)26-25(28(38)31-13-11-18-3-9-23(10-4-18)41(30,39)40)32-27(19-5-7-20(29)8-6-19)33(26)14-12-21(34)15-22(35)16-24(36)37;/h3-10,17,21-22,34-35H,11-16H2,1-2H3,(H,31,38)(H,36,37)(H2,30,39,40);/q;+1/p-1/t21-,22-;/m1./s1. The number of rotatable bonds is 14. The third-order valence-electron chi connectivity index (χ3n) is 6.45. The molecule has 0 radical (unpaired) electrons. The minimum absolute atomic E-state index is 0. The topological polar surface area (TPSA) is 188 Å². The summed E-state index contributed by atoms with van der Waals surface area (Å²) in [5.41, 5.74) is 2.08. The second-order valence-electron chi connectivity index (χ2n) is 10.1. The van der Waals surface area contributed by atoms with Gasteiger partial charge in [0, 0.05) is 31.0 Å². The van der Waals surface area contributed by atoms with E-state index in [1.165, 1.54) is 36.4 Å². The first-order valence-electron chi connectivity index (χ1n) is 13.1. The molecular weight excluding hydrogens is 578 g/mol. The van der Waals surface area contributed by atoms with Gasteiger partial charge in [-0.3, -0.25) is 4.79 Å². The summed E-state index contributed by atoms with van der Waals surface area (Å²) in [6.07, 6.45) is -2.52. The Morgan fingerprint density at radius 1 is 1.07 bits per heavy atom. The number of amides is 1. The molecule has 1 heterocycles. The van der Waals surface area contributed by atoms with E-state index in [0.29, 0.717) is 23.5 Å². The zero-order valence-electron chi connectivity index (χ0n) is 23.8. The minimum Gasteiger partial charge on any atom is -0.550 e. The fourth-order valence-corrected chi connectivity index (χ4v) is 5.01. The van der Waals surface area contributed by atoms with Gasteiger partial charge < -0.3 is 30.0 Å². The van der Waals surface area contributed by atoms with Crippen molar-refractivity contribution in [3.05, 3.63) is 71.3 Å². The Balaban J connectivity index is 0.00000616. The third-order valence-corrected chi connectivity index (χ3v) is 7.38. The minimum atomic E-state index is -3.81. The number of nitrogens with two attached hydrogens (primary N) is 1. The fraction of sp³-hybridized carbons (Fsp3) is 0.393. The van der Waals surface area contributed by atoms with E-state index in [2.05, 4.69) is 10.3 Å². The van der Waals surface area contributed by atoms with Crippen LogP contribution in [0.2, 0.25) is 0 Å². The van der Waals surface area contributed by atoms with Crippen molar-refractivity contribution in [2.75, 3.05) is 6.54 Å². The van der Waals surface area contributed by atoms with Crippen LogP contribution < -0.4 is 45.1 Å². The van der Waals surface area contributed by atoms with E-state index in [-0.39, 0.29) is 72.0 Å². The number of imidazole rings is 1. The molecular formula is C28H34FN4NaO7S. The molecule has 0 fully saturated rings. The number of aromatic nitrogens is 2. The number of sulfonamides is 1. The average Bonchev–Trinajstić information content (AvgIpc) is 3.27. The van der Waals surface area contributed by atoms with Gasteiger partial charge in [0.1, 0.15) is 17.3 Å². The second kappa shape index (κ2) is 15.7. The number of aliphatic hydroxyl groups is 2. The number of primary sulfonamides is 1. The monoisotopic (exact) mass is 612 g/mol. The number of aliphatic carboxylic acids is 1. The van der Waals surface area contributed by atoms with E-state index in [4.69, 9.17) is 5.14 Å². The Labute approximate surface area is 266 Å². The van der Waals surface area contributed by atoms with Gasteiger partial charge in [0.05, 0.1) is 22.8 Å². The van der Waals surface area contributed by atoms with Gasteiger partial charge in [0.2, 0.25) is 10.0 Å². The van der Waals surface area contributed by atoms with Crippen molar-refractivity contribution in [1.82, 2.24) is 14.9 Å². The van der Waals surface area contributed by atoms with E-state index < -0.39 is 46.3 Å². The van der Waals surface area contributed by atoms with Gasteiger partial charge in [-0.2, -0.15) is 0 Å². The van der Waals surface area contributed by atoms with E-state index in [0.717, 1.165) is 5.56 Å². The molecule has 0 saturated carbocycles. The summed E-state index contributed by atoms with van der Waals surface area (Å²) in [5, 5.41) is 39.0. The molecule has 0 bridgehead atoms. The summed E-state index contributed by atoms with van der Waals surface area (Å²) in [6, 6.07) is 11.6. The summed E-state index contributed by atoms with van der Waals surface area (Å²) in [6.45, 7) is 4.19. The van der Waals surface area contributed by atoms with Crippen LogP contribution in [0.4, 0.5) is 4.39 Å². The molecule has 11 nitrogen and oxygen atoms in total. The summed E-state index contributed by atoms with van der Waals surface area (Å²) in [7, 11) is -3.81. The molecule has 42 heavy (non-hydrogen) atoms. The predicted molar refractivity (Wildman–Crippen MR) is 146 cm³/mol. The van der Waals surface area contributed by atoms with Gasteiger partial charge in [0.15, 0.2) is 0 Å². The Morgan fingerprint density at radius 2 is 1.69 bits per heavy atom. The third kappa shape index (κ3) is 9.97. The molecule has 0 spiro atoms. The maximum Gasteiger partial charge on any atom is 1.00 e. The number of hydrogen-bond acceptors (Lipinski definition) is 8. The largest absolute Gasteiger partial charge is 1.00 e. The van der Waals surface area contributed by atoms with E-state index in [1.807, 2.05) is 13.8 Å². The van der Waals surface area contributed by atoms with Crippen LogP contribution in [0.3, 0.4) is 0 Å². The van der Waals surface area contributed by atoms with Gasteiger partial charge in [-0.25, -0.2) is 22.9 Å². The Hall–Kier alpha value is -2.65. The molecule has 1 amide bonds. The molecule has 14 heteroatoms. The summed E-state index contributed by atoms with van der Waals surface area (Å²) in [5.74, 6) is -2.09. The molecule has 222 valence electrons. The molecule has 0 aliphatic heterocycles. The van der Waals surface area contributed by atoms with Crippen LogP contribution in [0.25, 0.3) is 11.4 Å². The molecule has 0 unspecified atom stereocenters. The molecule has 0 aliphatic carbocycles. The van der Waals surface area contributed by atoms with Crippen molar-refractivity contribution in [1.29, 1.82) is 0 Å². The normalized spacial score (nSPS) is 12.9. The molecule has 2 atom stereocenters. The van der Waals surface area contributed by atoms with Gasteiger partial charge >= 0.3 is 29.6 Å². The van der Waals surface area contributed by atoms with Gasteiger partial charge in [-0.1, -0.05) is 26.0 Å². The molecule has 2 aromatic carbocycles. The van der Waals surface area contributed by atoms with Gasteiger partial charge in [0.25, 0.3) is 5.91 Å². The molecule has 5 N–H and O–H groups in total. The average molecular weight is 613 g/mol. The van der Waals surface area contributed by atoms with Crippen LogP contribution >= 0.6 is 0 Å². The Bertz CT molecular complexity index is 1460. The molecule has 3 rings (SSSR count). The zero-order chi connectivity index (χ0) is 30.3.